The summed E-state index contributed by atoms with van der Waals surface area (Å²) in [6.07, 6.45) is 0. The lowest BCUT2D eigenvalue weighted by Gasteiger charge is -2.36. The van der Waals surface area contributed by atoms with Crippen molar-refractivity contribution in [2.75, 3.05) is 78.5 Å². The third-order valence-electron chi connectivity index (χ3n) is 4.95. The zero-order valence-corrected chi connectivity index (χ0v) is 15.6. The Labute approximate surface area is 146 Å². The van der Waals surface area contributed by atoms with Crippen LogP contribution in [-0.4, -0.2) is 110 Å². The fourth-order valence-electron chi connectivity index (χ4n) is 3.29. The number of piperazine rings is 2. The average molecular weight is 339 g/mol. The molecule has 0 atom stereocenters. The molecule has 0 aromatic rings. The molecule has 0 unspecified atom stereocenters. The molecule has 2 saturated heterocycles. The molecule has 7 heteroatoms. The van der Waals surface area contributed by atoms with Gasteiger partial charge in [0, 0.05) is 72.4 Å². The predicted octanol–water partition coefficient (Wildman–Crippen LogP) is -0.246. The summed E-state index contributed by atoms with van der Waals surface area (Å²) in [5, 5.41) is 3.40. The Balaban J connectivity index is 1.78. The van der Waals surface area contributed by atoms with Gasteiger partial charge in [0.05, 0.1) is 6.54 Å². The van der Waals surface area contributed by atoms with Crippen molar-refractivity contribution >= 4 is 11.9 Å². The number of nitrogens with one attached hydrogen (secondary N) is 1. The first-order valence-corrected chi connectivity index (χ1v) is 9.37. The summed E-state index contributed by atoms with van der Waals surface area (Å²) < 4.78 is 0. The number of nitrogens with zero attached hydrogens (tertiary/aromatic N) is 5. The zero-order chi connectivity index (χ0) is 17.4. The number of carbonyl (C=O) groups is 1. The number of hydrogen-bond acceptors (Lipinski definition) is 4. The van der Waals surface area contributed by atoms with E-state index in [0.717, 1.165) is 71.4 Å². The fourth-order valence-corrected chi connectivity index (χ4v) is 3.29. The molecule has 2 aliphatic rings. The van der Waals surface area contributed by atoms with Crippen LogP contribution in [0.15, 0.2) is 4.99 Å². The maximum absolute atomic E-state index is 11.4. The molecule has 0 aromatic carbocycles. The standard InChI is InChI=1S/C17H34N6O/c1-4-18-17(23-14-12-22(13-15-23)16(3)24)19-6-7-21-10-8-20(5-2)9-11-21/h4-15H2,1-3H3,(H,18,19). The molecule has 2 rings (SSSR count). The van der Waals surface area contributed by atoms with Gasteiger partial charge in [0.1, 0.15) is 0 Å². The van der Waals surface area contributed by atoms with Gasteiger partial charge in [-0.2, -0.15) is 0 Å². The van der Waals surface area contributed by atoms with E-state index in [-0.39, 0.29) is 5.91 Å². The van der Waals surface area contributed by atoms with Gasteiger partial charge in [-0.05, 0) is 13.5 Å². The largest absolute Gasteiger partial charge is 0.357 e. The molecule has 2 heterocycles. The molecule has 0 spiro atoms. The number of aliphatic imine (C=N–C) groups is 1. The number of guanidine groups is 1. The number of rotatable bonds is 5. The summed E-state index contributed by atoms with van der Waals surface area (Å²) in [5.74, 6) is 1.16. The average Bonchev–Trinajstić information content (AvgIpc) is 2.61. The molecule has 2 fully saturated rings. The van der Waals surface area contributed by atoms with Crippen LogP contribution in [-0.2, 0) is 4.79 Å². The Bertz CT molecular complexity index is 411. The van der Waals surface area contributed by atoms with Crippen LogP contribution in [0.3, 0.4) is 0 Å². The van der Waals surface area contributed by atoms with Crippen molar-refractivity contribution in [3.05, 3.63) is 0 Å². The first-order valence-electron chi connectivity index (χ1n) is 9.37. The van der Waals surface area contributed by atoms with E-state index in [9.17, 15) is 4.79 Å². The highest BCUT2D eigenvalue weighted by Crippen LogP contribution is 2.04. The van der Waals surface area contributed by atoms with Crippen LogP contribution < -0.4 is 5.32 Å². The van der Waals surface area contributed by atoms with Crippen molar-refractivity contribution in [1.82, 2.24) is 24.9 Å². The summed E-state index contributed by atoms with van der Waals surface area (Å²) in [4.78, 5) is 25.4. The third kappa shape index (κ3) is 5.63. The molecule has 2 aliphatic heterocycles. The van der Waals surface area contributed by atoms with E-state index in [0.29, 0.717) is 0 Å². The summed E-state index contributed by atoms with van der Waals surface area (Å²) in [6.45, 7) is 17.8. The van der Waals surface area contributed by atoms with E-state index >= 15 is 0 Å². The number of amides is 1. The van der Waals surface area contributed by atoms with E-state index < -0.39 is 0 Å². The molecule has 0 aromatic heterocycles. The molecule has 7 nitrogen and oxygen atoms in total. The van der Waals surface area contributed by atoms with Crippen LogP contribution in [0.1, 0.15) is 20.8 Å². The van der Waals surface area contributed by atoms with Crippen molar-refractivity contribution in [2.24, 2.45) is 4.99 Å². The molecule has 138 valence electrons. The number of carbonyl (C=O) groups excluding carboxylic acids is 1. The van der Waals surface area contributed by atoms with Crippen LogP contribution in [0.5, 0.6) is 0 Å². The molecule has 0 saturated carbocycles. The van der Waals surface area contributed by atoms with Crippen molar-refractivity contribution < 1.29 is 4.79 Å². The van der Waals surface area contributed by atoms with E-state index in [1.807, 2.05) is 4.90 Å². The van der Waals surface area contributed by atoms with Crippen molar-refractivity contribution in [3.63, 3.8) is 0 Å². The Hall–Kier alpha value is -1.34. The van der Waals surface area contributed by atoms with Gasteiger partial charge in [0.25, 0.3) is 0 Å². The quantitative estimate of drug-likeness (QED) is 0.554. The summed E-state index contributed by atoms with van der Waals surface area (Å²) in [6, 6.07) is 0. The lowest BCUT2D eigenvalue weighted by molar-refractivity contribution is -0.130. The lowest BCUT2D eigenvalue weighted by atomic mass is 10.3. The first-order chi connectivity index (χ1) is 11.6. The Morgan fingerprint density at radius 2 is 1.50 bits per heavy atom. The minimum Gasteiger partial charge on any atom is -0.357 e. The second-order valence-corrected chi connectivity index (χ2v) is 6.50. The zero-order valence-electron chi connectivity index (χ0n) is 15.6. The van der Waals surface area contributed by atoms with Gasteiger partial charge < -0.3 is 20.0 Å². The molecule has 0 bridgehead atoms. The third-order valence-corrected chi connectivity index (χ3v) is 4.95. The maximum Gasteiger partial charge on any atom is 0.219 e. The smallest absolute Gasteiger partial charge is 0.219 e. The van der Waals surface area contributed by atoms with Crippen LogP contribution in [0.4, 0.5) is 0 Å². The minimum atomic E-state index is 0.169. The summed E-state index contributed by atoms with van der Waals surface area (Å²) >= 11 is 0. The van der Waals surface area contributed by atoms with Crippen molar-refractivity contribution in [2.45, 2.75) is 20.8 Å². The van der Waals surface area contributed by atoms with E-state index in [2.05, 4.69) is 33.9 Å². The molecular weight excluding hydrogens is 304 g/mol. The molecule has 1 amide bonds. The Morgan fingerprint density at radius 1 is 0.917 bits per heavy atom. The highest BCUT2D eigenvalue weighted by Gasteiger charge is 2.21. The van der Waals surface area contributed by atoms with Gasteiger partial charge in [-0.15, -0.1) is 0 Å². The highest BCUT2D eigenvalue weighted by molar-refractivity contribution is 5.80. The van der Waals surface area contributed by atoms with Gasteiger partial charge in [0.15, 0.2) is 5.96 Å². The van der Waals surface area contributed by atoms with Crippen LogP contribution >= 0.6 is 0 Å². The summed E-state index contributed by atoms with van der Waals surface area (Å²) in [7, 11) is 0. The van der Waals surface area contributed by atoms with Crippen LogP contribution in [0, 0.1) is 0 Å². The molecular formula is C17H34N6O. The second-order valence-electron chi connectivity index (χ2n) is 6.50. The Morgan fingerprint density at radius 3 is 2.04 bits per heavy atom. The molecule has 0 radical (unpaired) electrons. The SMILES string of the molecule is CCNC(=NCCN1CCN(CC)CC1)N1CCN(C(C)=O)CC1. The van der Waals surface area contributed by atoms with Gasteiger partial charge in [-0.3, -0.25) is 14.7 Å². The first kappa shape index (κ1) is 19.0. The lowest BCUT2D eigenvalue weighted by Crippen LogP contribution is -2.53. The van der Waals surface area contributed by atoms with E-state index in [4.69, 9.17) is 4.99 Å². The molecule has 0 aliphatic carbocycles. The van der Waals surface area contributed by atoms with Crippen LogP contribution in [0.2, 0.25) is 0 Å². The van der Waals surface area contributed by atoms with Gasteiger partial charge >= 0.3 is 0 Å². The van der Waals surface area contributed by atoms with E-state index in [1.54, 1.807) is 6.92 Å². The van der Waals surface area contributed by atoms with Crippen LogP contribution in [0.25, 0.3) is 0 Å². The maximum atomic E-state index is 11.4. The van der Waals surface area contributed by atoms with Gasteiger partial charge in [0.2, 0.25) is 5.91 Å². The predicted molar refractivity (Wildman–Crippen MR) is 98.4 cm³/mol. The molecule has 24 heavy (non-hydrogen) atoms. The fraction of sp³-hybridized carbons (Fsp3) is 0.882. The molecule has 1 N–H and O–H groups in total. The number of hydrogen-bond donors (Lipinski definition) is 1. The normalized spacial score (nSPS) is 21.2. The van der Waals surface area contributed by atoms with Gasteiger partial charge in [-0.25, -0.2) is 0 Å². The minimum absolute atomic E-state index is 0.169. The monoisotopic (exact) mass is 338 g/mol. The van der Waals surface area contributed by atoms with Crippen molar-refractivity contribution in [3.8, 4) is 0 Å². The topological polar surface area (TPSA) is 54.4 Å². The van der Waals surface area contributed by atoms with Crippen molar-refractivity contribution in [1.29, 1.82) is 0 Å². The Kier molecular flexibility index (Phi) is 7.78. The van der Waals surface area contributed by atoms with Gasteiger partial charge in [-0.1, -0.05) is 6.92 Å². The second kappa shape index (κ2) is 9.84. The highest BCUT2D eigenvalue weighted by atomic mass is 16.2. The summed E-state index contributed by atoms with van der Waals surface area (Å²) in [5.41, 5.74) is 0. The number of likely N-dealkylation sites (N-methyl/N-ethyl adjacent to an activating group) is 1. The van der Waals surface area contributed by atoms with E-state index in [1.165, 1.54) is 13.1 Å².